The van der Waals surface area contributed by atoms with Crippen LogP contribution < -0.4 is 10.2 Å². The van der Waals surface area contributed by atoms with Gasteiger partial charge in [0.2, 0.25) is 0 Å². The molecule has 6 heteroatoms. The lowest BCUT2D eigenvalue weighted by Gasteiger charge is -2.28. The first-order chi connectivity index (χ1) is 14.5. The summed E-state index contributed by atoms with van der Waals surface area (Å²) in [6.45, 7) is 3.90. The summed E-state index contributed by atoms with van der Waals surface area (Å²) in [6.07, 6.45) is 2.18. The molecule has 3 aromatic rings. The van der Waals surface area contributed by atoms with E-state index in [0.717, 1.165) is 21.8 Å². The molecule has 2 heterocycles. The largest absolute Gasteiger partial charge is 0.335 e. The molecule has 1 aliphatic rings. The molecule has 1 fully saturated rings. The van der Waals surface area contributed by atoms with Gasteiger partial charge < -0.3 is 4.57 Å². The van der Waals surface area contributed by atoms with Crippen molar-refractivity contribution >= 4 is 29.6 Å². The summed E-state index contributed by atoms with van der Waals surface area (Å²) in [4.78, 5) is 39.3. The van der Waals surface area contributed by atoms with E-state index in [4.69, 9.17) is 0 Å². The number of benzene rings is 2. The Kier molecular flexibility index (Phi) is 5.06. The molecule has 0 aliphatic carbocycles. The minimum absolute atomic E-state index is 0.0872. The summed E-state index contributed by atoms with van der Waals surface area (Å²) in [6, 6.07) is 19.9. The van der Waals surface area contributed by atoms with Crippen LogP contribution in [0.1, 0.15) is 23.9 Å². The van der Waals surface area contributed by atoms with E-state index >= 15 is 0 Å². The number of hydrogen-bond acceptors (Lipinski definition) is 3. The van der Waals surface area contributed by atoms with Crippen LogP contribution in [0, 0.1) is 6.92 Å². The van der Waals surface area contributed by atoms with Crippen LogP contribution in [-0.4, -0.2) is 22.4 Å². The van der Waals surface area contributed by atoms with Gasteiger partial charge in [-0.2, -0.15) is 0 Å². The summed E-state index contributed by atoms with van der Waals surface area (Å²) in [5.74, 6) is -1.34. The van der Waals surface area contributed by atoms with Gasteiger partial charge >= 0.3 is 6.03 Å². The second-order valence-corrected chi connectivity index (χ2v) is 7.01. The van der Waals surface area contributed by atoms with Crippen molar-refractivity contribution in [3.63, 3.8) is 0 Å². The number of anilines is 1. The maximum absolute atomic E-state index is 13.2. The van der Waals surface area contributed by atoms with E-state index in [1.54, 1.807) is 12.1 Å². The molecule has 6 nitrogen and oxygen atoms in total. The number of amides is 4. The van der Waals surface area contributed by atoms with Gasteiger partial charge in [-0.15, -0.1) is 0 Å². The normalized spacial score (nSPS) is 15.6. The predicted molar refractivity (Wildman–Crippen MR) is 115 cm³/mol. The van der Waals surface area contributed by atoms with E-state index < -0.39 is 17.8 Å². The van der Waals surface area contributed by atoms with Crippen LogP contribution in [0.3, 0.4) is 0 Å². The average molecular weight is 399 g/mol. The quantitative estimate of drug-likeness (QED) is 0.532. The fourth-order valence-electron chi connectivity index (χ4n) is 3.65. The van der Waals surface area contributed by atoms with Crippen molar-refractivity contribution < 1.29 is 14.4 Å². The number of imide groups is 2. The van der Waals surface area contributed by atoms with E-state index in [1.165, 1.54) is 6.08 Å². The van der Waals surface area contributed by atoms with Gasteiger partial charge in [0.15, 0.2) is 0 Å². The van der Waals surface area contributed by atoms with E-state index in [1.807, 2.05) is 73.0 Å². The van der Waals surface area contributed by atoms with Gasteiger partial charge in [0, 0.05) is 17.1 Å². The van der Waals surface area contributed by atoms with Crippen LogP contribution in [0.25, 0.3) is 11.8 Å². The number of urea groups is 1. The minimum atomic E-state index is -0.738. The third kappa shape index (κ3) is 3.33. The van der Waals surface area contributed by atoms with E-state index in [-0.39, 0.29) is 5.57 Å². The number of aromatic nitrogens is 1. The third-order valence-electron chi connectivity index (χ3n) is 5.13. The zero-order valence-corrected chi connectivity index (χ0v) is 16.8. The van der Waals surface area contributed by atoms with Gasteiger partial charge in [-0.05, 0) is 55.3 Å². The molecule has 2 aromatic carbocycles. The average Bonchev–Trinajstić information content (AvgIpc) is 3.12. The Balaban J connectivity index is 1.80. The summed E-state index contributed by atoms with van der Waals surface area (Å²) >= 11 is 0. The van der Waals surface area contributed by atoms with Gasteiger partial charge in [0.1, 0.15) is 5.57 Å². The van der Waals surface area contributed by atoms with Gasteiger partial charge in [0.05, 0.1) is 5.69 Å². The fourth-order valence-corrected chi connectivity index (χ4v) is 3.65. The highest BCUT2D eigenvalue weighted by atomic mass is 16.2. The lowest BCUT2D eigenvalue weighted by molar-refractivity contribution is -0.122. The second kappa shape index (κ2) is 7.83. The lowest BCUT2D eigenvalue weighted by atomic mass is 10.1. The van der Waals surface area contributed by atoms with Crippen LogP contribution in [0.2, 0.25) is 0 Å². The Morgan fingerprint density at radius 2 is 1.60 bits per heavy atom. The van der Waals surface area contributed by atoms with Crippen molar-refractivity contribution in [3.8, 4) is 5.69 Å². The van der Waals surface area contributed by atoms with E-state index in [9.17, 15) is 14.4 Å². The third-order valence-corrected chi connectivity index (χ3v) is 5.13. The number of barbiturate groups is 1. The van der Waals surface area contributed by atoms with Crippen LogP contribution in [0.4, 0.5) is 10.5 Å². The molecule has 4 rings (SSSR count). The summed E-state index contributed by atoms with van der Waals surface area (Å²) < 4.78 is 1.95. The Hall–Kier alpha value is -3.93. The van der Waals surface area contributed by atoms with Gasteiger partial charge in [-0.1, -0.05) is 43.3 Å². The molecular weight excluding hydrogens is 378 g/mol. The first kappa shape index (κ1) is 19.4. The first-order valence-electron chi connectivity index (χ1n) is 9.74. The molecule has 0 saturated carbocycles. The fraction of sp³-hybridized carbons (Fsp3) is 0.125. The predicted octanol–water partition coefficient (Wildman–Crippen LogP) is 4.01. The SMILES string of the molecule is CCc1ccccc1N1C(=O)NC(=O)/C(=C\c2ccc(C)n2-c2ccccc2)C1=O. The van der Waals surface area contributed by atoms with E-state index in [0.29, 0.717) is 17.8 Å². The monoisotopic (exact) mass is 399 g/mol. The molecule has 0 radical (unpaired) electrons. The topological polar surface area (TPSA) is 71.4 Å². The van der Waals surface area contributed by atoms with E-state index in [2.05, 4.69) is 5.32 Å². The Bertz CT molecular complexity index is 1180. The maximum atomic E-state index is 13.2. The highest BCUT2D eigenvalue weighted by Gasteiger charge is 2.37. The van der Waals surface area contributed by atoms with Crippen molar-refractivity contribution in [2.75, 3.05) is 4.90 Å². The van der Waals surface area contributed by atoms with Crippen molar-refractivity contribution in [2.24, 2.45) is 0 Å². The smallest absolute Gasteiger partial charge is 0.314 e. The number of carbonyl (C=O) groups is 3. The molecule has 0 bridgehead atoms. The summed E-state index contributed by atoms with van der Waals surface area (Å²) in [7, 11) is 0. The molecule has 0 spiro atoms. The van der Waals surface area contributed by atoms with Gasteiger partial charge in [-0.25, -0.2) is 9.69 Å². The van der Waals surface area contributed by atoms with Crippen LogP contribution in [-0.2, 0) is 16.0 Å². The molecule has 1 aromatic heterocycles. The van der Waals surface area contributed by atoms with Crippen LogP contribution in [0.15, 0.2) is 72.3 Å². The Morgan fingerprint density at radius 3 is 2.33 bits per heavy atom. The van der Waals surface area contributed by atoms with Crippen LogP contribution >= 0.6 is 0 Å². The Morgan fingerprint density at radius 1 is 0.900 bits per heavy atom. The van der Waals surface area contributed by atoms with Crippen molar-refractivity contribution in [1.29, 1.82) is 0 Å². The number of nitrogens with one attached hydrogen (secondary N) is 1. The number of para-hydroxylation sites is 2. The molecular formula is C24H21N3O3. The number of hydrogen-bond donors (Lipinski definition) is 1. The molecule has 1 aliphatic heterocycles. The van der Waals surface area contributed by atoms with Crippen molar-refractivity contribution in [1.82, 2.24) is 9.88 Å². The zero-order valence-electron chi connectivity index (χ0n) is 16.8. The highest BCUT2D eigenvalue weighted by molar-refractivity contribution is 6.39. The lowest BCUT2D eigenvalue weighted by Crippen LogP contribution is -2.54. The molecule has 1 N–H and O–H groups in total. The van der Waals surface area contributed by atoms with Crippen molar-refractivity contribution in [3.05, 3.63) is 89.3 Å². The van der Waals surface area contributed by atoms with Crippen LogP contribution in [0.5, 0.6) is 0 Å². The maximum Gasteiger partial charge on any atom is 0.335 e. The summed E-state index contributed by atoms with van der Waals surface area (Å²) in [5.41, 5.74) is 3.79. The van der Waals surface area contributed by atoms with Gasteiger partial charge in [0.25, 0.3) is 11.8 Å². The number of rotatable bonds is 4. The number of nitrogens with zero attached hydrogens (tertiary/aromatic N) is 2. The molecule has 30 heavy (non-hydrogen) atoms. The minimum Gasteiger partial charge on any atom is -0.314 e. The highest BCUT2D eigenvalue weighted by Crippen LogP contribution is 2.27. The standard InChI is InChI=1S/C24H21N3O3/c1-3-17-9-7-8-12-21(17)27-23(29)20(22(28)25-24(27)30)15-19-14-13-16(2)26(19)18-10-5-4-6-11-18/h4-15H,3H2,1-2H3,(H,25,28,30)/b20-15+. The molecule has 1 saturated heterocycles. The molecule has 0 unspecified atom stereocenters. The van der Waals surface area contributed by atoms with Gasteiger partial charge in [-0.3, -0.25) is 14.9 Å². The molecule has 4 amide bonds. The molecule has 0 atom stereocenters. The number of carbonyl (C=O) groups excluding carboxylic acids is 3. The zero-order chi connectivity index (χ0) is 21.3. The molecule has 150 valence electrons. The first-order valence-corrected chi connectivity index (χ1v) is 9.74. The Labute approximate surface area is 174 Å². The summed E-state index contributed by atoms with van der Waals surface area (Å²) in [5, 5.41) is 2.30. The second-order valence-electron chi connectivity index (χ2n) is 7.01. The van der Waals surface area contributed by atoms with Crippen molar-refractivity contribution in [2.45, 2.75) is 20.3 Å². The number of aryl methyl sites for hydroxylation is 2.